The van der Waals surface area contributed by atoms with Gasteiger partial charge in [-0.3, -0.25) is 14.9 Å². The second-order valence-electron chi connectivity index (χ2n) is 4.61. The van der Waals surface area contributed by atoms with E-state index < -0.39 is 4.92 Å². The predicted octanol–water partition coefficient (Wildman–Crippen LogP) is 2.73. The number of nitrogens with zero attached hydrogens (tertiary/aromatic N) is 1. The van der Waals surface area contributed by atoms with Crippen LogP contribution < -0.4 is 10.1 Å². The summed E-state index contributed by atoms with van der Waals surface area (Å²) in [5.74, 6) is 0.345. The van der Waals surface area contributed by atoms with Gasteiger partial charge in [0.2, 0.25) is 5.91 Å². The smallest absolute Gasteiger partial charge is 0.271 e. The van der Waals surface area contributed by atoms with E-state index in [1.807, 2.05) is 0 Å². The zero-order chi connectivity index (χ0) is 13.8. The number of methoxy groups -OCH3 is 1. The van der Waals surface area contributed by atoms with Gasteiger partial charge in [-0.2, -0.15) is 0 Å². The summed E-state index contributed by atoms with van der Waals surface area (Å²) in [6.45, 7) is 0. The van der Waals surface area contributed by atoms with Crippen LogP contribution in [0.2, 0.25) is 0 Å². The predicted molar refractivity (Wildman–Crippen MR) is 70.2 cm³/mol. The third-order valence-corrected chi connectivity index (χ3v) is 3.38. The van der Waals surface area contributed by atoms with E-state index in [-0.39, 0.29) is 17.5 Å². The minimum atomic E-state index is -0.495. The largest absolute Gasteiger partial charge is 0.495 e. The van der Waals surface area contributed by atoms with Crippen LogP contribution >= 0.6 is 0 Å². The Kier molecular flexibility index (Phi) is 3.99. The molecule has 1 saturated carbocycles. The number of nitro groups is 1. The minimum absolute atomic E-state index is 0.00367. The number of carbonyl (C=O) groups excluding carboxylic acids is 1. The number of anilines is 1. The molecule has 1 aliphatic carbocycles. The van der Waals surface area contributed by atoms with Gasteiger partial charge in [-0.05, 0) is 18.9 Å². The maximum absolute atomic E-state index is 12.0. The van der Waals surface area contributed by atoms with Crippen molar-refractivity contribution in [1.82, 2.24) is 0 Å². The summed E-state index contributed by atoms with van der Waals surface area (Å²) in [5, 5.41) is 13.5. The lowest BCUT2D eigenvalue weighted by Gasteiger charge is -2.13. The van der Waals surface area contributed by atoms with Crippen LogP contribution in [-0.2, 0) is 4.79 Å². The number of hydrogen-bond donors (Lipinski definition) is 1. The van der Waals surface area contributed by atoms with Gasteiger partial charge in [0.25, 0.3) is 5.69 Å². The first-order valence-electron chi connectivity index (χ1n) is 6.25. The molecule has 1 N–H and O–H groups in total. The molecule has 0 heterocycles. The van der Waals surface area contributed by atoms with Crippen molar-refractivity contribution in [2.24, 2.45) is 5.92 Å². The lowest BCUT2D eigenvalue weighted by molar-refractivity contribution is -0.384. The molecule has 0 bridgehead atoms. The summed E-state index contributed by atoms with van der Waals surface area (Å²) in [4.78, 5) is 22.3. The monoisotopic (exact) mass is 264 g/mol. The molecule has 19 heavy (non-hydrogen) atoms. The molecule has 1 aliphatic rings. The average molecular weight is 264 g/mol. The molecular formula is C13H16N2O4. The molecule has 1 amide bonds. The summed E-state index contributed by atoms with van der Waals surface area (Å²) in [6, 6.07) is 4.16. The topological polar surface area (TPSA) is 81.5 Å². The summed E-state index contributed by atoms with van der Waals surface area (Å²) in [6.07, 6.45) is 3.88. The van der Waals surface area contributed by atoms with E-state index in [9.17, 15) is 14.9 Å². The van der Waals surface area contributed by atoms with E-state index >= 15 is 0 Å². The summed E-state index contributed by atoms with van der Waals surface area (Å²) < 4.78 is 5.11. The van der Waals surface area contributed by atoms with Gasteiger partial charge in [0.05, 0.1) is 17.7 Å². The van der Waals surface area contributed by atoms with Gasteiger partial charge >= 0.3 is 0 Å². The third-order valence-electron chi connectivity index (χ3n) is 3.38. The summed E-state index contributed by atoms with van der Waals surface area (Å²) in [7, 11) is 1.46. The van der Waals surface area contributed by atoms with Crippen LogP contribution in [0.1, 0.15) is 25.7 Å². The van der Waals surface area contributed by atoms with E-state index in [4.69, 9.17) is 4.74 Å². The van der Waals surface area contributed by atoms with E-state index in [0.29, 0.717) is 11.4 Å². The van der Waals surface area contributed by atoms with Crippen LogP contribution in [0.4, 0.5) is 11.4 Å². The lowest BCUT2D eigenvalue weighted by Crippen LogP contribution is -2.20. The number of carbonyl (C=O) groups is 1. The molecule has 0 unspecified atom stereocenters. The van der Waals surface area contributed by atoms with Crippen molar-refractivity contribution in [2.75, 3.05) is 12.4 Å². The fraction of sp³-hybridized carbons (Fsp3) is 0.462. The van der Waals surface area contributed by atoms with E-state index in [1.54, 1.807) is 0 Å². The number of ether oxygens (including phenoxy) is 1. The second kappa shape index (κ2) is 5.69. The van der Waals surface area contributed by atoms with Crippen LogP contribution in [0.25, 0.3) is 0 Å². The maximum Gasteiger partial charge on any atom is 0.271 e. The number of amides is 1. The van der Waals surface area contributed by atoms with Gasteiger partial charge in [-0.15, -0.1) is 0 Å². The summed E-state index contributed by atoms with van der Waals surface area (Å²) in [5.41, 5.74) is 0.288. The number of non-ortho nitro benzene ring substituents is 1. The fourth-order valence-corrected chi connectivity index (χ4v) is 2.33. The Labute approximate surface area is 110 Å². The van der Waals surface area contributed by atoms with Crippen molar-refractivity contribution in [3.05, 3.63) is 28.3 Å². The molecule has 0 spiro atoms. The van der Waals surface area contributed by atoms with Gasteiger partial charge in [0.1, 0.15) is 5.75 Å². The van der Waals surface area contributed by atoms with Crippen LogP contribution in [0.5, 0.6) is 5.75 Å². The molecular weight excluding hydrogens is 248 g/mol. The average Bonchev–Trinajstić information content (AvgIpc) is 2.92. The lowest BCUT2D eigenvalue weighted by atomic mass is 10.1. The highest BCUT2D eigenvalue weighted by Crippen LogP contribution is 2.31. The van der Waals surface area contributed by atoms with Crippen molar-refractivity contribution in [3.8, 4) is 5.75 Å². The molecule has 0 saturated heterocycles. The summed E-state index contributed by atoms with van der Waals surface area (Å²) >= 11 is 0. The van der Waals surface area contributed by atoms with Gasteiger partial charge in [0, 0.05) is 18.1 Å². The van der Waals surface area contributed by atoms with Crippen LogP contribution in [-0.4, -0.2) is 17.9 Å². The first-order valence-corrected chi connectivity index (χ1v) is 6.25. The number of nitrogens with one attached hydrogen (secondary N) is 1. The Balaban J connectivity index is 2.19. The van der Waals surface area contributed by atoms with Gasteiger partial charge in [0.15, 0.2) is 0 Å². The van der Waals surface area contributed by atoms with E-state index in [1.165, 1.54) is 25.3 Å². The number of hydrogen-bond acceptors (Lipinski definition) is 4. The molecule has 1 aromatic carbocycles. The Bertz CT molecular complexity index is 495. The fourth-order valence-electron chi connectivity index (χ4n) is 2.33. The first-order chi connectivity index (χ1) is 9.11. The van der Waals surface area contributed by atoms with Crippen LogP contribution in [0.15, 0.2) is 18.2 Å². The Morgan fingerprint density at radius 3 is 2.68 bits per heavy atom. The zero-order valence-corrected chi connectivity index (χ0v) is 10.7. The highest BCUT2D eigenvalue weighted by molar-refractivity contribution is 5.94. The normalized spacial score (nSPS) is 15.2. The molecule has 0 radical (unpaired) electrons. The van der Waals surface area contributed by atoms with E-state index in [2.05, 4.69) is 5.32 Å². The Morgan fingerprint density at radius 1 is 1.42 bits per heavy atom. The molecule has 0 aliphatic heterocycles. The van der Waals surface area contributed by atoms with Gasteiger partial charge in [-0.1, -0.05) is 12.8 Å². The van der Waals surface area contributed by atoms with Crippen molar-refractivity contribution < 1.29 is 14.5 Å². The van der Waals surface area contributed by atoms with Crippen molar-refractivity contribution in [1.29, 1.82) is 0 Å². The number of nitro benzene ring substituents is 1. The second-order valence-corrected chi connectivity index (χ2v) is 4.61. The molecule has 0 atom stereocenters. The quantitative estimate of drug-likeness (QED) is 0.669. The highest BCUT2D eigenvalue weighted by atomic mass is 16.6. The minimum Gasteiger partial charge on any atom is -0.495 e. The van der Waals surface area contributed by atoms with E-state index in [0.717, 1.165) is 25.7 Å². The first kappa shape index (κ1) is 13.3. The SMILES string of the molecule is COc1ccc([N+](=O)[O-])cc1NC(=O)C1CCCC1. The molecule has 2 rings (SSSR count). The molecule has 102 valence electrons. The standard InChI is InChI=1S/C13H16N2O4/c1-19-12-7-6-10(15(17)18)8-11(12)14-13(16)9-4-2-3-5-9/h6-9H,2-5H2,1H3,(H,14,16). The Hall–Kier alpha value is -2.11. The molecule has 1 aromatic rings. The number of benzene rings is 1. The number of rotatable bonds is 4. The Morgan fingerprint density at radius 2 is 2.11 bits per heavy atom. The van der Waals surface area contributed by atoms with Crippen LogP contribution in [0, 0.1) is 16.0 Å². The zero-order valence-electron chi connectivity index (χ0n) is 10.7. The highest BCUT2D eigenvalue weighted by Gasteiger charge is 2.24. The molecule has 6 heteroatoms. The molecule has 1 fully saturated rings. The van der Waals surface area contributed by atoms with Crippen molar-refractivity contribution in [3.63, 3.8) is 0 Å². The van der Waals surface area contributed by atoms with Crippen LogP contribution in [0.3, 0.4) is 0 Å². The van der Waals surface area contributed by atoms with Crippen molar-refractivity contribution in [2.45, 2.75) is 25.7 Å². The van der Waals surface area contributed by atoms with Gasteiger partial charge < -0.3 is 10.1 Å². The van der Waals surface area contributed by atoms with Crippen molar-refractivity contribution >= 4 is 17.3 Å². The third kappa shape index (κ3) is 3.01. The maximum atomic E-state index is 12.0. The van der Waals surface area contributed by atoms with Gasteiger partial charge in [-0.25, -0.2) is 0 Å². The molecule has 0 aromatic heterocycles. The molecule has 6 nitrogen and oxygen atoms in total.